The number of carbonyl (C=O) groups excluding carboxylic acids is 1. The van der Waals surface area contributed by atoms with Crippen LogP contribution in [0, 0.1) is 0 Å². The van der Waals surface area contributed by atoms with Crippen LogP contribution >= 0.6 is 0 Å². The van der Waals surface area contributed by atoms with Crippen LogP contribution in [0.25, 0.3) is 0 Å². The summed E-state index contributed by atoms with van der Waals surface area (Å²) < 4.78 is 0. The van der Waals surface area contributed by atoms with Gasteiger partial charge in [-0.05, 0) is 29.5 Å². The summed E-state index contributed by atoms with van der Waals surface area (Å²) in [6, 6.07) is 27.8. The Morgan fingerprint density at radius 3 is 1.71 bits per heavy atom. The van der Waals surface area contributed by atoms with Crippen LogP contribution in [0.1, 0.15) is 16.7 Å². The number of nitrogens with zero attached hydrogens (tertiary/aromatic N) is 1. The highest BCUT2D eigenvalue weighted by atomic mass is 16.3. The average molecular weight is 417 g/mol. The van der Waals surface area contributed by atoms with E-state index in [0.29, 0.717) is 19.4 Å². The molecule has 3 aromatic carbocycles. The van der Waals surface area contributed by atoms with Gasteiger partial charge >= 0.3 is 6.03 Å². The molecule has 4 rings (SSSR count). The lowest BCUT2D eigenvalue weighted by atomic mass is 9.91. The van der Waals surface area contributed by atoms with Gasteiger partial charge in [0.1, 0.15) is 12.2 Å². The van der Waals surface area contributed by atoms with E-state index >= 15 is 0 Å². The Hall–Kier alpha value is -3.15. The minimum Gasteiger partial charge on any atom is -0.388 e. The molecule has 3 N–H and O–H groups in total. The molecule has 1 fully saturated rings. The molecule has 3 aromatic rings. The van der Waals surface area contributed by atoms with Crippen LogP contribution in [0.3, 0.4) is 0 Å². The molecular formula is C26H28N2O3. The van der Waals surface area contributed by atoms with E-state index in [1.807, 2.05) is 91.0 Å². The van der Waals surface area contributed by atoms with E-state index in [1.165, 1.54) is 0 Å². The van der Waals surface area contributed by atoms with E-state index in [2.05, 4.69) is 5.32 Å². The maximum atomic E-state index is 13.3. The molecular weight excluding hydrogens is 388 g/mol. The normalized spacial score (nSPS) is 23.8. The van der Waals surface area contributed by atoms with Crippen LogP contribution in [-0.4, -0.2) is 45.4 Å². The Morgan fingerprint density at radius 1 is 0.677 bits per heavy atom. The van der Waals surface area contributed by atoms with Gasteiger partial charge in [-0.3, -0.25) is 0 Å². The number of benzene rings is 3. The van der Waals surface area contributed by atoms with Crippen LogP contribution < -0.4 is 5.32 Å². The lowest BCUT2D eigenvalue weighted by molar-refractivity contribution is -0.0306. The number of urea groups is 1. The standard InChI is InChI=1S/C26H28N2O3/c29-24-22(16-19-10-4-1-5-11-19)27-26(31)28(18-21-14-8-3-9-15-21)23(25(24)30)17-20-12-6-2-7-13-20/h1-15,22-25,29-30H,16-18H2,(H,27,31)/t22-,23-,24+,25+/m1/s1. The number of hydrogen-bond acceptors (Lipinski definition) is 3. The van der Waals surface area contributed by atoms with Crippen LogP contribution in [0.15, 0.2) is 91.0 Å². The highest BCUT2D eigenvalue weighted by molar-refractivity contribution is 5.75. The van der Waals surface area contributed by atoms with Crippen molar-refractivity contribution in [1.82, 2.24) is 10.2 Å². The van der Waals surface area contributed by atoms with Crippen LogP contribution in [0.4, 0.5) is 4.79 Å². The first-order valence-corrected chi connectivity index (χ1v) is 10.7. The topological polar surface area (TPSA) is 72.8 Å². The molecule has 1 saturated heterocycles. The second kappa shape index (κ2) is 9.77. The molecule has 0 bridgehead atoms. The fourth-order valence-electron chi connectivity index (χ4n) is 4.22. The van der Waals surface area contributed by atoms with Gasteiger partial charge in [-0.2, -0.15) is 0 Å². The average Bonchev–Trinajstić information content (AvgIpc) is 2.88. The number of aliphatic hydroxyl groups is 2. The van der Waals surface area contributed by atoms with Crippen LogP contribution in [0.5, 0.6) is 0 Å². The first-order valence-electron chi connectivity index (χ1n) is 10.7. The third-order valence-electron chi connectivity index (χ3n) is 5.91. The summed E-state index contributed by atoms with van der Waals surface area (Å²) in [4.78, 5) is 15.0. The van der Waals surface area contributed by atoms with Crippen molar-refractivity contribution in [2.24, 2.45) is 0 Å². The Kier molecular flexibility index (Phi) is 6.65. The van der Waals surface area contributed by atoms with E-state index in [4.69, 9.17) is 0 Å². The monoisotopic (exact) mass is 416 g/mol. The van der Waals surface area contributed by atoms with Gasteiger partial charge in [0.25, 0.3) is 0 Å². The minimum absolute atomic E-state index is 0.277. The number of carbonyl (C=O) groups is 1. The summed E-state index contributed by atoms with van der Waals surface area (Å²) in [6.45, 7) is 0.353. The minimum atomic E-state index is -1.09. The molecule has 0 radical (unpaired) electrons. The van der Waals surface area contributed by atoms with Crippen LogP contribution in [-0.2, 0) is 19.4 Å². The molecule has 2 amide bonds. The Morgan fingerprint density at radius 2 is 1.16 bits per heavy atom. The summed E-state index contributed by atoms with van der Waals surface area (Å²) in [6.07, 6.45) is -1.27. The van der Waals surface area contributed by atoms with Crippen molar-refractivity contribution < 1.29 is 15.0 Å². The molecule has 31 heavy (non-hydrogen) atoms. The molecule has 5 nitrogen and oxygen atoms in total. The third-order valence-corrected chi connectivity index (χ3v) is 5.91. The molecule has 1 aliphatic rings. The van der Waals surface area contributed by atoms with Gasteiger partial charge in [-0.1, -0.05) is 91.0 Å². The van der Waals surface area contributed by atoms with E-state index in [0.717, 1.165) is 16.7 Å². The maximum absolute atomic E-state index is 13.3. The lowest BCUT2D eigenvalue weighted by Gasteiger charge is -2.33. The van der Waals surface area contributed by atoms with Crippen molar-refractivity contribution in [2.75, 3.05) is 0 Å². The summed E-state index contributed by atoms with van der Waals surface area (Å²) in [5.41, 5.74) is 2.97. The van der Waals surface area contributed by atoms with Crippen molar-refractivity contribution in [3.05, 3.63) is 108 Å². The predicted octanol–water partition coefficient (Wildman–Crippen LogP) is 3.16. The SMILES string of the molecule is O=C1N[C@H](Cc2ccccc2)[C@H](O)[C@@H](O)[C@@H](Cc2ccccc2)N1Cc1ccccc1. The number of hydrogen-bond donors (Lipinski definition) is 3. The first kappa shape index (κ1) is 21.1. The molecule has 1 aliphatic heterocycles. The largest absolute Gasteiger partial charge is 0.388 e. The summed E-state index contributed by atoms with van der Waals surface area (Å²) in [5.74, 6) is 0. The molecule has 1 heterocycles. The molecule has 4 atom stereocenters. The van der Waals surface area contributed by atoms with Crippen molar-refractivity contribution in [3.63, 3.8) is 0 Å². The third kappa shape index (κ3) is 5.13. The lowest BCUT2D eigenvalue weighted by Crippen LogP contribution is -2.50. The Balaban J connectivity index is 1.64. The molecule has 0 aromatic heterocycles. The smallest absolute Gasteiger partial charge is 0.318 e. The zero-order valence-electron chi connectivity index (χ0n) is 17.3. The molecule has 160 valence electrons. The van der Waals surface area contributed by atoms with Gasteiger partial charge in [-0.25, -0.2) is 4.79 Å². The second-order valence-corrected chi connectivity index (χ2v) is 8.10. The van der Waals surface area contributed by atoms with E-state index < -0.39 is 24.3 Å². The van der Waals surface area contributed by atoms with Crippen molar-refractivity contribution >= 4 is 6.03 Å². The van der Waals surface area contributed by atoms with Gasteiger partial charge in [0.2, 0.25) is 0 Å². The predicted molar refractivity (Wildman–Crippen MR) is 120 cm³/mol. The van der Waals surface area contributed by atoms with Crippen molar-refractivity contribution in [3.8, 4) is 0 Å². The zero-order chi connectivity index (χ0) is 21.6. The summed E-state index contributed by atoms with van der Waals surface area (Å²) in [7, 11) is 0. The molecule has 0 spiro atoms. The first-order chi connectivity index (χ1) is 15.1. The molecule has 0 aliphatic carbocycles. The Bertz CT molecular complexity index is 966. The van der Waals surface area contributed by atoms with E-state index in [9.17, 15) is 15.0 Å². The molecule has 0 unspecified atom stereocenters. The summed E-state index contributed by atoms with van der Waals surface area (Å²) >= 11 is 0. The summed E-state index contributed by atoms with van der Waals surface area (Å²) in [5, 5.41) is 25.2. The van der Waals surface area contributed by atoms with Gasteiger partial charge in [-0.15, -0.1) is 0 Å². The fourth-order valence-corrected chi connectivity index (χ4v) is 4.22. The van der Waals surface area contributed by atoms with Gasteiger partial charge in [0.05, 0.1) is 12.1 Å². The van der Waals surface area contributed by atoms with Crippen molar-refractivity contribution in [1.29, 1.82) is 0 Å². The fraction of sp³-hybridized carbons (Fsp3) is 0.269. The number of nitrogens with one attached hydrogen (secondary N) is 1. The van der Waals surface area contributed by atoms with Crippen molar-refractivity contribution in [2.45, 2.75) is 43.7 Å². The van der Waals surface area contributed by atoms with E-state index in [1.54, 1.807) is 4.90 Å². The number of aliphatic hydroxyl groups excluding tert-OH is 2. The highest BCUT2D eigenvalue weighted by Crippen LogP contribution is 2.24. The van der Waals surface area contributed by atoms with Crippen LogP contribution in [0.2, 0.25) is 0 Å². The zero-order valence-corrected chi connectivity index (χ0v) is 17.3. The number of amides is 2. The van der Waals surface area contributed by atoms with Gasteiger partial charge in [0, 0.05) is 6.54 Å². The second-order valence-electron chi connectivity index (χ2n) is 8.10. The quantitative estimate of drug-likeness (QED) is 0.578. The van der Waals surface area contributed by atoms with Gasteiger partial charge < -0.3 is 20.4 Å². The van der Waals surface area contributed by atoms with E-state index in [-0.39, 0.29) is 6.03 Å². The molecule has 5 heteroatoms. The Labute approximate surface area is 183 Å². The number of rotatable bonds is 6. The molecule has 0 saturated carbocycles. The maximum Gasteiger partial charge on any atom is 0.318 e. The highest BCUT2D eigenvalue weighted by Gasteiger charge is 2.42. The van der Waals surface area contributed by atoms with Gasteiger partial charge in [0.15, 0.2) is 0 Å².